The molecular formula is C16H11ClF2N2O5. The van der Waals surface area contributed by atoms with E-state index >= 15 is 0 Å². The number of nitrogens with zero attached hydrogens (tertiary/aromatic N) is 1. The summed E-state index contributed by atoms with van der Waals surface area (Å²) in [6.45, 7) is 1.18. The lowest BCUT2D eigenvalue weighted by Gasteiger charge is -2.14. The third kappa shape index (κ3) is 4.31. The average molecular weight is 385 g/mol. The van der Waals surface area contributed by atoms with Crippen LogP contribution in [0.15, 0.2) is 36.4 Å². The number of ether oxygens (including phenoxy) is 1. The molecule has 0 heterocycles. The Balaban J connectivity index is 2.10. The van der Waals surface area contributed by atoms with Gasteiger partial charge in [0.25, 0.3) is 11.6 Å². The van der Waals surface area contributed by atoms with Crippen molar-refractivity contribution in [2.24, 2.45) is 0 Å². The van der Waals surface area contributed by atoms with E-state index in [1.165, 1.54) is 13.0 Å². The maximum absolute atomic E-state index is 13.5. The van der Waals surface area contributed by atoms with Gasteiger partial charge in [-0.2, -0.15) is 0 Å². The molecule has 1 amide bonds. The zero-order valence-corrected chi connectivity index (χ0v) is 13.9. The maximum Gasteiger partial charge on any atom is 0.339 e. The van der Waals surface area contributed by atoms with E-state index in [-0.39, 0.29) is 10.6 Å². The van der Waals surface area contributed by atoms with Crippen LogP contribution < -0.4 is 5.32 Å². The fraction of sp³-hybridized carbons (Fsp3) is 0.125. The summed E-state index contributed by atoms with van der Waals surface area (Å²) in [5.74, 6) is -4.01. The van der Waals surface area contributed by atoms with Gasteiger partial charge in [0, 0.05) is 6.07 Å². The number of benzene rings is 2. The first-order chi connectivity index (χ1) is 12.2. The average Bonchev–Trinajstić information content (AvgIpc) is 2.58. The van der Waals surface area contributed by atoms with Crippen molar-refractivity contribution in [3.8, 4) is 0 Å². The first-order valence-corrected chi connectivity index (χ1v) is 7.48. The number of nitro groups is 1. The number of nitro benzene ring substituents is 1. The van der Waals surface area contributed by atoms with Crippen LogP contribution in [0.3, 0.4) is 0 Å². The van der Waals surface area contributed by atoms with E-state index in [9.17, 15) is 28.5 Å². The van der Waals surface area contributed by atoms with Gasteiger partial charge in [-0.15, -0.1) is 0 Å². The minimum Gasteiger partial charge on any atom is -0.449 e. The lowest BCUT2D eigenvalue weighted by molar-refractivity contribution is -0.384. The number of amides is 1. The summed E-state index contributed by atoms with van der Waals surface area (Å²) in [5.41, 5.74) is -1.40. The Morgan fingerprint density at radius 2 is 1.85 bits per heavy atom. The summed E-state index contributed by atoms with van der Waals surface area (Å²) in [6.07, 6.45) is -1.42. The molecule has 1 N–H and O–H groups in total. The van der Waals surface area contributed by atoms with Gasteiger partial charge in [-0.1, -0.05) is 17.7 Å². The predicted molar refractivity (Wildman–Crippen MR) is 88.0 cm³/mol. The number of rotatable bonds is 5. The summed E-state index contributed by atoms with van der Waals surface area (Å²) in [6, 6.07) is 6.22. The molecule has 2 aromatic carbocycles. The number of hydrogen-bond acceptors (Lipinski definition) is 5. The molecule has 2 rings (SSSR count). The molecule has 1 atom stereocenters. The van der Waals surface area contributed by atoms with Crippen LogP contribution in [0.1, 0.15) is 17.3 Å². The molecule has 0 saturated heterocycles. The second kappa shape index (κ2) is 7.87. The van der Waals surface area contributed by atoms with Gasteiger partial charge in [-0.25, -0.2) is 13.6 Å². The van der Waals surface area contributed by atoms with Gasteiger partial charge >= 0.3 is 5.97 Å². The molecule has 0 aliphatic heterocycles. The molecule has 1 unspecified atom stereocenters. The van der Waals surface area contributed by atoms with Crippen LogP contribution in [-0.4, -0.2) is 22.9 Å². The number of anilines is 1. The number of nitrogens with one attached hydrogen (secondary N) is 1. The smallest absolute Gasteiger partial charge is 0.339 e. The Morgan fingerprint density at radius 1 is 1.23 bits per heavy atom. The lowest BCUT2D eigenvalue weighted by Crippen LogP contribution is -2.30. The van der Waals surface area contributed by atoms with Crippen LogP contribution in [0, 0.1) is 21.7 Å². The molecule has 0 aliphatic carbocycles. The molecule has 26 heavy (non-hydrogen) atoms. The fourth-order valence-electron chi connectivity index (χ4n) is 1.90. The largest absolute Gasteiger partial charge is 0.449 e. The Morgan fingerprint density at radius 3 is 2.42 bits per heavy atom. The van der Waals surface area contributed by atoms with Gasteiger partial charge in [0.2, 0.25) is 0 Å². The molecule has 10 heteroatoms. The second-order valence-corrected chi connectivity index (χ2v) is 5.46. The van der Waals surface area contributed by atoms with Crippen molar-refractivity contribution in [3.05, 3.63) is 68.7 Å². The standard InChI is InChI=1S/C16H11ClF2N2O5/c1-8(15(22)20-14-11(18)3-2-4-12(14)19)26-16(23)9-5-6-10(17)13(7-9)21(24)25/h2-8H,1H3,(H,20,22). The molecular weight excluding hydrogens is 374 g/mol. The van der Waals surface area contributed by atoms with Crippen LogP contribution >= 0.6 is 11.6 Å². The highest BCUT2D eigenvalue weighted by Gasteiger charge is 2.23. The monoisotopic (exact) mass is 384 g/mol. The van der Waals surface area contributed by atoms with E-state index in [0.717, 1.165) is 30.3 Å². The molecule has 0 fully saturated rings. The van der Waals surface area contributed by atoms with Crippen LogP contribution in [0.4, 0.5) is 20.2 Å². The van der Waals surface area contributed by atoms with Crippen LogP contribution in [0.25, 0.3) is 0 Å². The van der Waals surface area contributed by atoms with Crippen molar-refractivity contribution in [2.45, 2.75) is 13.0 Å². The number of esters is 1. The molecule has 0 bridgehead atoms. The van der Waals surface area contributed by atoms with Gasteiger partial charge in [-0.3, -0.25) is 14.9 Å². The number of halogens is 3. The highest BCUT2D eigenvalue weighted by atomic mass is 35.5. The fourth-order valence-corrected chi connectivity index (χ4v) is 2.09. The Labute approximate surface area is 150 Å². The van der Waals surface area contributed by atoms with E-state index in [1.54, 1.807) is 0 Å². The van der Waals surface area contributed by atoms with Crippen molar-refractivity contribution < 1.29 is 28.0 Å². The normalized spacial score (nSPS) is 11.5. The van der Waals surface area contributed by atoms with Gasteiger partial charge in [-0.05, 0) is 31.2 Å². The number of carbonyl (C=O) groups is 2. The molecule has 2 aromatic rings. The van der Waals surface area contributed by atoms with Gasteiger partial charge < -0.3 is 10.1 Å². The molecule has 0 spiro atoms. The van der Waals surface area contributed by atoms with Gasteiger partial charge in [0.05, 0.1) is 10.5 Å². The van der Waals surface area contributed by atoms with Crippen molar-refractivity contribution in [3.63, 3.8) is 0 Å². The van der Waals surface area contributed by atoms with E-state index in [0.29, 0.717) is 0 Å². The zero-order valence-electron chi connectivity index (χ0n) is 13.2. The van der Waals surface area contributed by atoms with Crippen LogP contribution in [-0.2, 0) is 9.53 Å². The quantitative estimate of drug-likeness (QED) is 0.481. The van der Waals surface area contributed by atoms with Crippen LogP contribution in [0.5, 0.6) is 0 Å². The maximum atomic E-state index is 13.5. The highest BCUT2D eigenvalue weighted by molar-refractivity contribution is 6.32. The van der Waals surface area contributed by atoms with Gasteiger partial charge in [0.15, 0.2) is 6.10 Å². The van der Waals surface area contributed by atoms with Crippen molar-refractivity contribution >= 4 is 34.9 Å². The Bertz CT molecular complexity index is 871. The minimum absolute atomic E-state index is 0.174. The SMILES string of the molecule is CC(OC(=O)c1ccc(Cl)c([N+](=O)[O-])c1)C(=O)Nc1c(F)cccc1F. The summed E-state index contributed by atoms with van der Waals surface area (Å²) in [4.78, 5) is 34.0. The third-order valence-corrected chi connectivity index (χ3v) is 3.56. The molecule has 7 nitrogen and oxygen atoms in total. The zero-order chi connectivity index (χ0) is 19.4. The molecule has 0 aromatic heterocycles. The van der Waals surface area contributed by atoms with Crippen molar-refractivity contribution in [2.75, 3.05) is 5.32 Å². The number of hydrogen-bond donors (Lipinski definition) is 1. The third-order valence-electron chi connectivity index (χ3n) is 3.24. The van der Waals surface area contributed by atoms with Crippen molar-refractivity contribution in [1.29, 1.82) is 0 Å². The Kier molecular flexibility index (Phi) is 5.83. The molecule has 0 radical (unpaired) electrons. The summed E-state index contributed by atoms with van der Waals surface area (Å²) < 4.78 is 31.9. The summed E-state index contributed by atoms with van der Waals surface area (Å²) in [5, 5.41) is 12.6. The van der Waals surface area contributed by atoms with E-state index in [1.807, 2.05) is 5.32 Å². The summed E-state index contributed by atoms with van der Waals surface area (Å²) in [7, 11) is 0. The molecule has 0 saturated carbocycles. The first kappa shape index (κ1) is 19.3. The van der Waals surface area contributed by atoms with Crippen LogP contribution in [0.2, 0.25) is 5.02 Å². The topological polar surface area (TPSA) is 98.5 Å². The summed E-state index contributed by atoms with van der Waals surface area (Å²) >= 11 is 5.64. The van der Waals surface area contributed by atoms with Gasteiger partial charge in [0.1, 0.15) is 22.3 Å². The molecule has 0 aliphatic rings. The van der Waals surface area contributed by atoms with E-state index < -0.39 is 45.9 Å². The minimum atomic E-state index is -1.42. The van der Waals surface area contributed by atoms with E-state index in [4.69, 9.17) is 16.3 Å². The van der Waals surface area contributed by atoms with E-state index in [2.05, 4.69) is 0 Å². The first-order valence-electron chi connectivity index (χ1n) is 7.10. The number of para-hydroxylation sites is 1. The molecule has 136 valence electrons. The predicted octanol–water partition coefficient (Wildman–Crippen LogP) is 3.71. The second-order valence-electron chi connectivity index (χ2n) is 5.06. The van der Waals surface area contributed by atoms with Crippen molar-refractivity contribution in [1.82, 2.24) is 0 Å². The number of carbonyl (C=O) groups excluding carboxylic acids is 2. The Hall–Kier alpha value is -3.07. The highest BCUT2D eigenvalue weighted by Crippen LogP contribution is 2.25. The lowest BCUT2D eigenvalue weighted by atomic mass is 10.2.